The first kappa shape index (κ1) is 12.5. The summed E-state index contributed by atoms with van der Waals surface area (Å²) in [5, 5.41) is 3.91. The molecular formula is C13H20ClN3. The molecule has 0 saturated heterocycles. The number of hydrogen-bond donors (Lipinski definition) is 2. The Labute approximate surface area is 108 Å². The van der Waals surface area contributed by atoms with Crippen molar-refractivity contribution in [2.45, 2.75) is 32.6 Å². The van der Waals surface area contributed by atoms with Gasteiger partial charge in [-0.3, -0.25) is 0 Å². The zero-order chi connectivity index (χ0) is 12.3. The maximum Gasteiger partial charge on any atom is 0.149 e. The van der Waals surface area contributed by atoms with E-state index in [1.807, 2.05) is 0 Å². The SMILES string of the molecule is CC1CCC(CNc2ncc(Cl)cc2N)CC1. The van der Waals surface area contributed by atoms with Crippen molar-refractivity contribution in [1.29, 1.82) is 0 Å². The molecule has 0 bridgehead atoms. The highest BCUT2D eigenvalue weighted by Gasteiger charge is 2.18. The molecule has 1 heterocycles. The first-order chi connectivity index (χ1) is 8.15. The molecule has 2 rings (SSSR count). The van der Waals surface area contributed by atoms with Gasteiger partial charge >= 0.3 is 0 Å². The number of hydrogen-bond acceptors (Lipinski definition) is 3. The average molecular weight is 254 g/mol. The van der Waals surface area contributed by atoms with Gasteiger partial charge in [-0.2, -0.15) is 0 Å². The van der Waals surface area contributed by atoms with Crippen molar-refractivity contribution in [3.8, 4) is 0 Å². The summed E-state index contributed by atoms with van der Waals surface area (Å²) in [5.74, 6) is 2.40. The number of nitrogens with one attached hydrogen (secondary N) is 1. The van der Waals surface area contributed by atoms with Crippen molar-refractivity contribution in [3.05, 3.63) is 17.3 Å². The fraction of sp³-hybridized carbons (Fsp3) is 0.615. The third-order valence-corrected chi connectivity index (χ3v) is 3.78. The second-order valence-electron chi connectivity index (χ2n) is 5.10. The molecule has 0 unspecified atom stereocenters. The van der Waals surface area contributed by atoms with Crippen LogP contribution in [0.4, 0.5) is 11.5 Å². The van der Waals surface area contributed by atoms with Gasteiger partial charge in [0.1, 0.15) is 5.82 Å². The molecule has 17 heavy (non-hydrogen) atoms. The van der Waals surface area contributed by atoms with Crippen molar-refractivity contribution in [2.24, 2.45) is 11.8 Å². The molecule has 1 aromatic rings. The molecule has 0 aromatic carbocycles. The van der Waals surface area contributed by atoms with Crippen LogP contribution in [0.3, 0.4) is 0 Å². The van der Waals surface area contributed by atoms with E-state index < -0.39 is 0 Å². The highest BCUT2D eigenvalue weighted by atomic mass is 35.5. The van der Waals surface area contributed by atoms with E-state index in [9.17, 15) is 0 Å². The third kappa shape index (κ3) is 3.50. The van der Waals surface area contributed by atoms with Crippen molar-refractivity contribution >= 4 is 23.1 Å². The van der Waals surface area contributed by atoms with E-state index in [1.54, 1.807) is 12.3 Å². The lowest BCUT2D eigenvalue weighted by Gasteiger charge is -2.26. The lowest BCUT2D eigenvalue weighted by molar-refractivity contribution is 0.300. The summed E-state index contributed by atoms with van der Waals surface area (Å²) in [5.41, 5.74) is 6.48. The maximum atomic E-state index is 5.85. The summed E-state index contributed by atoms with van der Waals surface area (Å²) in [6, 6.07) is 1.74. The topological polar surface area (TPSA) is 50.9 Å². The van der Waals surface area contributed by atoms with Gasteiger partial charge in [0.05, 0.1) is 10.7 Å². The molecule has 1 aliphatic carbocycles. The molecule has 0 atom stereocenters. The molecule has 4 heteroatoms. The molecule has 0 aliphatic heterocycles. The lowest BCUT2D eigenvalue weighted by atomic mass is 9.83. The highest BCUT2D eigenvalue weighted by molar-refractivity contribution is 6.30. The summed E-state index contributed by atoms with van der Waals surface area (Å²) in [6.07, 6.45) is 6.93. The molecule has 3 nitrogen and oxygen atoms in total. The van der Waals surface area contributed by atoms with Crippen LogP contribution >= 0.6 is 11.6 Å². The molecule has 3 N–H and O–H groups in total. The van der Waals surface area contributed by atoms with Crippen LogP contribution in [0.1, 0.15) is 32.6 Å². The molecule has 1 fully saturated rings. The van der Waals surface area contributed by atoms with E-state index in [2.05, 4.69) is 17.2 Å². The van der Waals surface area contributed by atoms with Crippen molar-refractivity contribution < 1.29 is 0 Å². The van der Waals surface area contributed by atoms with Gasteiger partial charge in [0, 0.05) is 12.7 Å². The first-order valence-electron chi connectivity index (χ1n) is 6.30. The van der Waals surface area contributed by atoms with Gasteiger partial charge in [0.2, 0.25) is 0 Å². The van der Waals surface area contributed by atoms with E-state index in [0.29, 0.717) is 10.7 Å². The normalized spacial score (nSPS) is 24.6. The summed E-state index contributed by atoms with van der Waals surface area (Å²) < 4.78 is 0. The van der Waals surface area contributed by atoms with Crippen LogP contribution in [0.15, 0.2) is 12.3 Å². The molecule has 94 valence electrons. The Balaban J connectivity index is 1.85. The molecule has 0 spiro atoms. The Morgan fingerprint density at radius 2 is 2.12 bits per heavy atom. The summed E-state index contributed by atoms with van der Waals surface area (Å²) in [4.78, 5) is 4.21. The number of pyridine rings is 1. The maximum absolute atomic E-state index is 5.85. The van der Waals surface area contributed by atoms with Crippen LogP contribution in [0.2, 0.25) is 5.02 Å². The molecule has 1 aliphatic rings. The number of halogens is 1. The van der Waals surface area contributed by atoms with E-state index in [1.165, 1.54) is 25.7 Å². The van der Waals surface area contributed by atoms with E-state index >= 15 is 0 Å². The van der Waals surface area contributed by atoms with Gasteiger partial charge in [-0.15, -0.1) is 0 Å². The van der Waals surface area contributed by atoms with Crippen molar-refractivity contribution in [3.63, 3.8) is 0 Å². The minimum absolute atomic E-state index is 0.583. The number of rotatable bonds is 3. The number of nitrogens with two attached hydrogens (primary N) is 1. The summed E-state index contributed by atoms with van der Waals surface area (Å²) in [6.45, 7) is 3.30. The Morgan fingerprint density at radius 1 is 1.41 bits per heavy atom. The molecule has 1 saturated carbocycles. The van der Waals surface area contributed by atoms with Crippen molar-refractivity contribution in [1.82, 2.24) is 4.98 Å². The van der Waals surface area contributed by atoms with Crippen LogP contribution in [-0.4, -0.2) is 11.5 Å². The van der Waals surface area contributed by atoms with Crippen LogP contribution in [-0.2, 0) is 0 Å². The molecule has 0 amide bonds. The average Bonchev–Trinajstić information content (AvgIpc) is 2.30. The predicted octanol–water partition coefficient (Wildman–Crippen LogP) is 3.56. The zero-order valence-electron chi connectivity index (χ0n) is 10.2. The first-order valence-corrected chi connectivity index (χ1v) is 6.68. The fourth-order valence-electron chi connectivity index (χ4n) is 2.38. The molecular weight excluding hydrogens is 234 g/mol. The van der Waals surface area contributed by atoms with Gasteiger partial charge in [-0.25, -0.2) is 4.98 Å². The standard InChI is InChI=1S/C13H20ClN3/c1-9-2-4-10(5-3-9)7-16-13-12(15)6-11(14)8-17-13/h6,8-10H,2-5,7,15H2,1H3,(H,16,17). The largest absolute Gasteiger partial charge is 0.396 e. The Bertz CT molecular complexity index is 373. The Kier molecular flexibility index (Phi) is 4.11. The van der Waals surface area contributed by atoms with Gasteiger partial charge in [0.15, 0.2) is 0 Å². The minimum Gasteiger partial charge on any atom is -0.396 e. The quantitative estimate of drug-likeness (QED) is 0.866. The monoisotopic (exact) mass is 253 g/mol. The second kappa shape index (κ2) is 5.58. The molecule has 1 aromatic heterocycles. The van der Waals surface area contributed by atoms with E-state index in [0.717, 1.165) is 24.2 Å². The van der Waals surface area contributed by atoms with Crippen LogP contribution in [0, 0.1) is 11.8 Å². The second-order valence-corrected chi connectivity index (χ2v) is 5.53. The smallest absolute Gasteiger partial charge is 0.149 e. The minimum atomic E-state index is 0.583. The van der Waals surface area contributed by atoms with E-state index in [4.69, 9.17) is 17.3 Å². The zero-order valence-corrected chi connectivity index (χ0v) is 11.0. The lowest BCUT2D eigenvalue weighted by Crippen LogP contribution is -2.20. The number of nitrogen functional groups attached to an aromatic ring is 1. The number of aromatic nitrogens is 1. The number of anilines is 2. The van der Waals surface area contributed by atoms with Gasteiger partial charge < -0.3 is 11.1 Å². The van der Waals surface area contributed by atoms with Crippen LogP contribution < -0.4 is 11.1 Å². The highest BCUT2D eigenvalue weighted by Crippen LogP contribution is 2.29. The van der Waals surface area contributed by atoms with Gasteiger partial charge in [-0.05, 0) is 30.7 Å². The van der Waals surface area contributed by atoms with Crippen LogP contribution in [0.5, 0.6) is 0 Å². The Morgan fingerprint density at radius 3 is 2.76 bits per heavy atom. The Hall–Kier alpha value is -0.960. The fourth-order valence-corrected chi connectivity index (χ4v) is 2.54. The van der Waals surface area contributed by atoms with Crippen LogP contribution in [0.25, 0.3) is 0 Å². The number of nitrogens with zero attached hydrogens (tertiary/aromatic N) is 1. The summed E-state index contributed by atoms with van der Waals surface area (Å²) in [7, 11) is 0. The van der Waals surface area contributed by atoms with Gasteiger partial charge in [0.25, 0.3) is 0 Å². The molecule has 0 radical (unpaired) electrons. The predicted molar refractivity (Wildman–Crippen MR) is 73.3 cm³/mol. The van der Waals surface area contributed by atoms with E-state index in [-0.39, 0.29) is 0 Å². The van der Waals surface area contributed by atoms with Gasteiger partial charge in [-0.1, -0.05) is 31.4 Å². The third-order valence-electron chi connectivity index (χ3n) is 3.58. The summed E-state index contributed by atoms with van der Waals surface area (Å²) >= 11 is 5.81. The van der Waals surface area contributed by atoms with Crippen molar-refractivity contribution in [2.75, 3.05) is 17.6 Å².